The van der Waals surface area contributed by atoms with Gasteiger partial charge in [0.1, 0.15) is 18.0 Å². The van der Waals surface area contributed by atoms with E-state index in [0.717, 1.165) is 24.7 Å². The molecule has 0 bridgehead atoms. The van der Waals surface area contributed by atoms with Crippen LogP contribution in [-0.2, 0) is 0 Å². The molecule has 3 N–H and O–H groups in total. The standard InChI is InChI=1S/C14H27N5/c1-13(2,3)8-16-11-7-12(19-10-18-11)17-9-14(4,5)15-6/h7,10,15H,8-9H2,1-6H3,(H2,16,17,18,19). The molecular formula is C14H27N5. The molecule has 1 rings (SSSR count). The molecule has 0 aliphatic heterocycles. The van der Waals surface area contributed by atoms with E-state index in [9.17, 15) is 0 Å². The average molecular weight is 265 g/mol. The van der Waals surface area contributed by atoms with Crippen LogP contribution in [0.5, 0.6) is 0 Å². The highest BCUT2D eigenvalue weighted by molar-refractivity contribution is 5.46. The van der Waals surface area contributed by atoms with Gasteiger partial charge < -0.3 is 16.0 Å². The predicted octanol–water partition coefficient (Wildman–Crippen LogP) is 2.34. The number of rotatable bonds is 6. The van der Waals surface area contributed by atoms with Crippen LogP contribution in [0.4, 0.5) is 11.6 Å². The molecule has 19 heavy (non-hydrogen) atoms. The van der Waals surface area contributed by atoms with Crippen molar-refractivity contribution in [1.29, 1.82) is 0 Å². The molecule has 0 saturated carbocycles. The van der Waals surface area contributed by atoms with Crippen LogP contribution in [-0.4, -0.2) is 35.6 Å². The molecule has 5 nitrogen and oxygen atoms in total. The van der Waals surface area contributed by atoms with Crippen molar-refractivity contribution in [1.82, 2.24) is 15.3 Å². The van der Waals surface area contributed by atoms with E-state index in [4.69, 9.17) is 0 Å². The first-order valence-electron chi connectivity index (χ1n) is 6.71. The third-order valence-electron chi connectivity index (χ3n) is 2.86. The lowest BCUT2D eigenvalue weighted by Gasteiger charge is -2.24. The second kappa shape index (κ2) is 6.19. The summed E-state index contributed by atoms with van der Waals surface area (Å²) in [6.45, 7) is 12.5. The second-order valence-corrected chi connectivity index (χ2v) is 6.69. The van der Waals surface area contributed by atoms with Crippen molar-refractivity contribution in [2.75, 3.05) is 30.8 Å². The van der Waals surface area contributed by atoms with Gasteiger partial charge in [0.25, 0.3) is 0 Å². The molecule has 0 aromatic carbocycles. The van der Waals surface area contributed by atoms with Gasteiger partial charge in [-0.1, -0.05) is 20.8 Å². The van der Waals surface area contributed by atoms with Crippen molar-refractivity contribution in [2.24, 2.45) is 5.41 Å². The first-order valence-corrected chi connectivity index (χ1v) is 6.71. The summed E-state index contributed by atoms with van der Waals surface area (Å²) >= 11 is 0. The van der Waals surface area contributed by atoms with Gasteiger partial charge in [-0.2, -0.15) is 0 Å². The second-order valence-electron chi connectivity index (χ2n) is 6.69. The van der Waals surface area contributed by atoms with Crippen molar-refractivity contribution >= 4 is 11.6 Å². The van der Waals surface area contributed by atoms with E-state index in [0.29, 0.717) is 0 Å². The predicted molar refractivity (Wildman–Crippen MR) is 81.6 cm³/mol. The lowest BCUT2D eigenvalue weighted by molar-refractivity contribution is 0.442. The summed E-state index contributed by atoms with van der Waals surface area (Å²) in [5.74, 6) is 1.70. The van der Waals surface area contributed by atoms with Crippen LogP contribution < -0.4 is 16.0 Å². The van der Waals surface area contributed by atoms with Gasteiger partial charge in [-0.3, -0.25) is 0 Å². The number of hydrogen-bond donors (Lipinski definition) is 3. The topological polar surface area (TPSA) is 61.9 Å². The van der Waals surface area contributed by atoms with Crippen molar-refractivity contribution < 1.29 is 0 Å². The van der Waals surface area contributed by atoms with Crippen molar-refractivity contribution in [3.05, 3.63) is 12.4 Å². The molecule has 0 atom stereocenters. The van der Waals surface area contributed by atoms with Gasteiger partial charge in [0.2, 0.25) is 0 Å². The van der Waals surface area contributed by atoms with Crippen molar-refractivity contribution in [2.45, 2.75) is 40.2 Å². The first-order chi connectivity index (χ1) is 8.72. The minimum atomic E-state index is 0.0317. The van der Waals surface area contributed by atoms with Crippen LogP contribution in [0.2, 0.25) is 0 Å². The Morgan fingerprint density at radius 1 is 0.947 bits per heavy atom. The van der Waals surface area contributed by atoms with Crippen molar-refractivity contribution in [3.8, 4) is 0 Å². The number of hydrogen-bond acceptors (Lipinski definition) is 5. The van der Waals surface area contributed by atoms with Crippen LogP contribution in [0.15, 0.2) is 12.4 Å². The summed E-state index contributed by atoms with van der Waals surface area (Å²) in [5.41, 5.74) is 0.261. The highest BCUT2D eigenvalue weighted by atomic mass is 15.1. The van der Waals surface area contributed by atoms with Crippen LogP contribution in [0.3, 0.4) is 0 Å². The Labute approximate surface area is 116 Å². The monoisotopic (exact) mass is 265 g/mol. The summed E-state index contributed by atoms with van der Waals surface area (Å²) in [6, 6.07) is 1.94. The Kier molecular flexibility index (Phi) is 5.11. The molecular weight excluding hydrogens is 238 g/mol. The summed E-state index contributed by atoms with van der Waals surface area (Å²) in [6.07, 6.45) is 1.58. The Hall–Kier alpha value is -1.36. The van der Waals surface area contributed by atoms with Gasteiger partial charge >= 0.3 is 0 Å². The maximum atomic E-state index is 4.23. The molecule has 1 heterocycles. The summed E-state index contributed by atoms with van der Waals surface area (Å²) in [5, 5.41) is 9.90. The fourth-order valence-electron chi connectivity index (χ4n) is 1.31. The number of aromatic nitrogens is 2. The van der Waals surface area contributed by atoms with Gasteiger partial charge in [-0.05, 0) is 26.3 Å². The van der Waals surface area contributed by atoms with Crippen LogP contribution >= 0.6 is 0 Å². The molecule has 0 fully saturated rings. The van der Waals surface area contributed by atoms with Crippen LogP contribution in [0, 0.1) is 5.41 Å². The molecule has 0 spiro atoms. The van der Waals surface area contributed by atoms with Gasteiger partial charge in [0.05, 0.1) is 0 Å². The van der Waals surface area contributed by atoms with E-state index >= 15 is 0 Å². The van der Waals surface area contributed by atoms with Crippen LogP contribution in [0.1, 0.15) is 34.6 Å². The van der Waals surface area contributed by atoms with Crippen LogP contribution in [0.25, 0.3) is 0 Å². The first kappa shape index (κ1) is 15.7. The van der Waals surface area contributed by atoms with E-state index in [1.165, 1.54) is 0 Å². The number of nitrogens with zero attached hydrogens (tertiary/aromatic N) is 2. The number of likely N-dealkylation sites (N-methyl/N-ethyl adjacent to an activating group) is 1. The van der Waals surface area contributed by atoms with Gasteiger partial charge in [-0.15, -0.1) is 0 Å². The smallest absolute Gasteiger partial charge is 0.131 e. The van der Waals surface area contributed by atoms with E-state index in [2.05, 4.69) is 60.5 Å². The minimum absolute atomic E-state index is 0.0317. The number of anilines is 2. The normalized spacial score (nSPS) is 12.3. The molecule has 0 unspecified atom stereocenters. The van der Waals surface area contributed by atoms with E-state index in [1.54, 1.807) is 6.33 Å². The van der Waals surface area contributed by atoms with Gasteiger partial charge in [0.15, 0.2) is 0 Å². The summed E-state index contributed by atoms with van der Waals surface area (Å²) in [4.78, 5) is 8.46. The molecule has 0 radical (unpaired) electrons. The lowest BCUT2D eigenvalue weighted by atomic mass is 9.97. The third-order valence-corrected chi connectivity index (χ3v) is 2.86. The SMILES string of the molecule is CNC(C)(C)CNc1cc(NCC(C)(C)C)ncn1. The molecule has 1 aromatic heterocycles. The minimum Gasteiger partial charge on any atom is -0.369 e. The lowest BCUT2D eigenvalue weighted by Crippen LogP contribution is -2.42. The highest BCUT2D eigenvalue weighted by Crippen LogP contribution is 2.15. The van der Waals surface area contributed by atoms with E-state index in [1.807, 2.05) is 13.1 Å². The average Bonchev–Trinajstić information content (AvgIpc) is 2.34. The number of nitrogens with one attached hydrogen (secondary N) is 3. The fourth-order valence-corrected chi connectivity index (χ4v) is 1.31. The molecule has 1 aromatic rings. The van der Waals surface area contributed by atoms with Gasteiger partial charge in [-0.25, -0.2) is 9.97 Å². The molecule has 0 aliphatic carbocycles. The Balaban J connectivity index is 2.57. The van der Waals surface area contributed by atoms with Gasteiger partial charge in [0, 0.05) is 24.7 Å². The zero-order valence-electron chi connectivity index (χ0n) is 13.0. The molecule has 108 valence electrons. The largest absolute Gasteiger partial charge is 0.369 e. The quantitative estimate of drug-likeness (QED) is 0.737. The maximum absolute atomic E-state index is 4.23. The van der Waals surface area contributed by atoms with Crippen molar-refractivity contribution in [3.63, 3.8) is 0 Å². The molecule has 5 heteroatoms. The third kappa shape index (κ3) is 6.38. The Bertz CT molecular complexity index is 395. The zero-order valence-corrected chi connectivity index (χ0v) is 13.0. The fraction of sp³-hybridized carbons (Fsp3) is 0.714. The highest BCUT2D eigenvalue weighted by Gasteiger charge is 2.14. The maximum Gasteiger partial charge on any atom is 0.131 e. The Morgan fingerprint density at radius 3 is 1.95 bits per heavy atom. The zero-order chi connectivity index (χ0) is 14.5. The molecule has 0 saturated heterocycles. The summed E-state index contributed by atoms with van der Waals surface area (Å²) < 4.78 is 0. The van der Waals surface area contributed by atoms with E-state index < -0.39 is 0 Å². The van der Waals surface area contributed by atoms with E-state index in [-0.39, 0.29) is 11.0 Å². The summed E-state index contributed by atoms with van der Waals surface area (Å²) in [7, 11) is 1.96. The molecule has 0 amide bonds. The Morgan fingerprint density at radius 2 is 1.47 bits per heavy atom. The molecule has 0 aliphatic rings.